The fraction of sp³-hybridized carbons (Fsp3) is 0.615. The van der Waals surface area contributed by atoms with E-state index in [0.29, 0.717) is 19.4 Å². The predicted octanol–water partition coefficient (Wildman–Crippen LogP) is 1.41. The third kappa shape index (κ3) is 2.76. The van der Waals surface area contributed by atoms with Crippen molar-refractivity contribution in [3.8, 4) is 5.88 Å². The number of hydrogen-bond donors (Lipinski definition) is 1. The van der Waals surface area contributed by atoms with Gasteiger partial charge in [0, 0.05) is 6.92 Å². The SMILES string of the molecule is CC(=O)Oc1nc(C2(C(=O)OCC(C)C)CC2)oc1N. The largest absolute Gasteiger partial charge is 0.465 e. The zero-order valence-electron chi connectivity index (χ0n) is 11.8. The lowest BCUT2D eigenvalue weighted by Crippen LogP contribution is -2.25. The average molecular weight is 282 g/mol. The van der Waals surface area contributed by atoms with Crippen LogP contribution in [-0.2, 0) is 19.7 Å². The molecule has 0 aliphatic heterocycles. The summed E-state index contributed by atoms with van der Waals surface area (Å²) in [6, 6.07) is 0. The van der Waals surface area contributed by atoms with Crippen LogP contribution < -0.4 is 10.5 Å². The highest BCUT2D eigenvalue weighted by Gasteiger charge is 2.57. The Morgan fingerprint density at radius 3 is 2.60 bits per heavy atom. The van der Waals surface area contributed by atoms with Crippen LogP contribution in [0.3, 0.4) is 0 Å². The van der Waals surface area contributed by atoms with Gasteiger partial charge in [0.05, 0.1) is 6.61 Å². The van der Waals surface area contributed by atoms with Crippen molar-refractivity contribution in [3.05, 3.63) is 5.89 Å². The van der Waals surface area contributed by atoms with Gasteiger partial charge in [-0.3, -0.25) is 9.59 Å². The lowest BCUT2D eigenvalue weighted by atomic mass is 10.1. The van der Waals surface area contributed by atoms with Gasteiger partial charge in [-0.1, -0.05) is 13.8 Å². The minimum atomic E-state index is -0.874. The first-order valence-electron chi connectivity index (χ1n) is 6.47. The smallest absolute Gasteiger partial charge is 0.321 e. The minimum Gasteiger partial charge on any atom is -0.465 e. The Morgan fingerprint density at radius 1 is 1.45 bits per heavy atom. The van der Waals surface area contributed by atoms with Crippen molar-refractivity contribution in [1.82, 2.24) is 4.98 Å². The highest BCUT2D eigenvalue weighted by molar-refractivity contribution is 5.85. The van der Waals surface area contributed by atoms with Gasteiger partial charge in [-0.15, -0.1) is 0 Å². The van der Waals surface area contributed by atoms with Crippen molar-refractivity contribution < 1.29 is 23.5 Å². The molecular weight excluding hydrogens is 264 g/mol. The molecule has 0 spiro atoms. The topological polar surface area (TPSA) is 105 Å². The van der Waals surface area contributed by atoms with Crippen molar-refractivity contribution in [1.29, 1.82) is 0 Å². The number of oxazole rings is 1. The van der Waals surface area contributed by atoms with E-state index < -0.39 is 11.4 Å². The molecule has 20 heavy (non-hydrogen) atoms. The van der Waals surface area contributed by atoms with Gasteiger partial charge in [0.15, 0.2) is 0 Å². The van der Waals surface area contributed by atoms with Crippen LogP contribution in [0.1, 0.15) is 39.5 Å². The number of rotatable bonds is 5. The van der Waals surface area contributed by atoms with Gasteiger partial charge in [0.2, 0.25) is 5.89 Å². The molecule has 7 nitrogen and oxygen atoms in total. The second-order valence-electron chi connectivity index (χ2n) is 5.36. The number of carbonyl (C=O) groups excluding carboxylic acids is 2. The summed E-state index contributed by atoms with van der Waals surface area (Å²) in [6.45, 7) is 5.48. The number of anilines is 1. The molecule has 2 rings (SSSR count). The highest BCUT2D eigenvalue weighted by atomic mass is 16.6. The Morgan fingerprint density at radius 2 is 2.10 bits per heavy atom. The lowest BCUT2D eigenvalue weighted by Gasteiger charge is -2.12. The molecule has 1 saturated carbocycles. The molecular formula is C13H18N2O5. The molecule has 1 aliphatic rings. The zero-order valence-corrected chi connectivity index (χ0v) is 11.8. The van der Waals surface area contributed by atoms with Gasteiger partial charge in [-0.2, -0.15) is 4.98 Å². The zero-order chi connectivity index (χ0) is 14.9. The number of nitrogen functional groups attached to an aromatic ring is 1. The Labute approximate surface area is 116 Å². The van der Waals surface area contributed by atoms with Crippen molar-refractivity contribution in [2.24, 2.45) is 5.92 Å². The van der Waals surface area contributed by atoms with Gasteiger partial charge in [0.25, 0.3) is 11.8 Å². The summed E-state index contributed by atoms with van der Waals surface area (Å²) in [7, 11) is 0. The second kappa shape index (κ2) is 5.15. The molecule has 1 aromatic rings. The van der Waals surface area contributed by atoms with E-state index in [9.17, 15) is 9.59 Å². The molecule has 0 bridgehead atoms. The first-order chi connectivity index (χ1) is 9.35. The van der Waals surface area contributed by atoms with Gasteiger partial charge in [-0.05, 0) is 18.8 Å². The molecule has 0 aromatic carbocycles. The van der Waals surface area contributed by atoms with Crippen LogP contribution in [0.5, 0.6) is 5.88 Å². The van der Waals surface area contributed by atoms with Crippen LogP contribution in [-0.4, -0.2) is 23.5 Å². The maximum absolute atomic E-state index is 12.1. The number of nitrogens with zero attached hydrogens (tertiary/aromatic N) is 1. The summed E-state index contributed by atoms with van der Waals surface area (Å²) in [4.78, 5) is 27.0. The molecule has 110 valence electrons. The van der Waals surface area contributed by atoms with Crippen LogP contribution in [0.2, 0.25) is 0 Å². The Hall–Kier alpha value is -2.05. The average Bonchev–Trinajstić information content (AvgIpc) is 3.08. The molecule has 2 N–H and O–H groups in total. The Kier molecular flexibility index (Phi) is 3.69. The monoisotopic (exact) mass is 282 g/mol. The standard InChI is InChI=1S/C13H18N2O5/c1-7(2)6-18-12(17)13(4-5-13)11-15-10(9(14)20-11)19-8(3)16/h7H,4-6,14H2,1-3H3. The van der Waals surface area contributed by atoms with E-state index >= 15 is 0 Å². The summed E-state index contributed by atoms with van der Waals surface area (Å²) in [5.41, 5.74) is 4.70. The lowest BCUT2D eigenvalue weighted by molar-refractivity contribution is -0.148. The van der Waals surface area contributed by atoms with E-state index in [2.05, 4.69) is 4.98 Å². The van der Waals surface area contributed by atoms with Crippen LogP contribution >= 0.6 is 0 Å². The van der Waals surface area contributed by atoms with Gasteiger partial charge >= 0.3 is 11.9 Å². The third-order valence-corrected chi connectivity index (χ3v) is 2.96. The quantitative estimate of drug-likeness (QED) is 0.814. The number of nitrogens with two attached hydrogens (primary N) is 1. The van der Waals surface area contributed by atoms with Crippen molar-refractivity contribution >= 4 is 17.8 Å². The number of esters is 2. The van der Waals surface area contributed by atoms with E-state index in [1.54, 1.807) is 0 Å². The molecule has 0 unspecified atom stereocenters. The van der Waals surface area contributed by atoms with E-state index in [-0.39, 0.29) is 29.5 Å². The fourth-order valence-corrected chi connectivity index (χ4v) is 1.74. The van der Waals surface area contributed by atoms with Gasteiger partial charge in [0.1, 0.15) is 5.41 Å². The molecule has 0 saturated heterocycles. The molecule has 1 aromatic heterocycles. The predicted molar refractivity (Wildman–Crippen MR) is 68.9 cm³/mol. The van der Waals surface area contributed by atoms with Crippen molar-refractivity contribution in [2.45, 2.75) is 39.0 Å². The van der Waals surface area contributed by atoms with Crippen LogP contribution in [0.15, 0.2) is 4.42 Å². The summed E-state index contributed by atoms with van der Waals surface area (Å²) in [6.07, 6.45) is 1.17. The highest BCUT2D eigenvalue weighted by Crippen LogP contribution is 2.50. The molecule has 0 atom stereocenters. The first kappa shape index (κ1) is 14.4. The van der Waals surface area contributed by atoms with E-state index in [1.807, 2.05) is 13.8 Å². The number of aromatic nitrogens is 1. The maximum atomic E-state index is 12.1. The van der Waals surface area contributed by atoms with E-state index in [1.165, 1.54) is 6.92 Å². The molecule has 0 radical (unpaired) electrons. The molecule has 7 heteroatoms. The normalized spacial score (nSPS) is 16.0. The van der Waals surface area contributed by atoms with E-state index in [4.69, 9.17) is 19.6 Å². The molecule has 1 heterocycles. The van der Waals surface area contributed by atoms with Crippen molar-refractivity contribution in [2.75, 3.05) is 12.3 Å². The van der Waals surface area contributed by atoms with Gasteiger partial charge in [-0.25, -0.2) is 0 Å². The number of carbonyl (C=O) groups is 2. The Balaban J connectivity index is 2.14. The number of hydrogen-bond acceptors (Lipinski definition) is 7. The summed E-state index contributed by atoms with van der Waals surface area (Å²) in [5, 5.41) is 0. The van der Waals surface area contributed by atoms with Crippen LogP contribution in [0.25, 0.3) is 0 Å². The third-order valence-electron chi connectivity index (χ3n) is 2.96. The van der Waals surface area contributed by atoms with Crippen LogP contribution in [0, 0.1) is 5.92 Å². The van der Waals surface area contributed by atoms with E-state index in [0.717, 1.165) is 0 Å². The van der Waals surface area contributed by atoms with Crippen molar-refractivity contribution in [3.63, 3.8) is 0 Å². The first-order valence-corrected chi connectivity index (χ1v) is 6.47. The van der Waals surface area contributed by atoms with Gasteiger partial charge < -0.3 is 19.6 Å². The second-order valence-corrected chi connectivity index (χ2v) is 5.36. The minimum absolute atomic E-state index is 0.101. The summed E-state index contributed by atoms with van der Waals surface area (Å²) >= 11 is 0. The summed E-state index contributed by atoms with van der Waals surface area (Å²) < 4.78 is 15.3. The molecule has 1 fully saturated rings. The number of ether oxygens (including phenoxy) is 2. The fourth-order valence-electron chi connectivity index (χ4n) is 1.74. The molecule has 1 aliphatic carbocycles. The Bertz CT molecular complexity index is 531. The maximum Gasteiger partial charge on any atom is 0.321 e. The van der Waals surface area contributed by atoms with Crippen LogP contribution in [0.4, 0.5) is 5.88 Å². The molecule has 0 amide bonds. The summed E-state index contributed by atoms with van der Waals surface area (Å²) in [5.74, 6) is -0.736.